The van der Waals surface area contributed by atoms with Gasteiger partial charge < -0.3 is 10.4 Å². The third kappa shape index (κ3) is 3.85. The molecule has 6 heteroatoms. The highest BCUT2D eigenvalue weighted by molar-refractivity contribution is 6.31. The lowest BCUT2D eigenvalue weighted by molar-refractivity contribution is 0.0714. The van der Waals surface area contributed by atoms with Crippen LogP contribution in [0.1, 0.15) is 18.2 Å². The molecular formula is C15H13Cl2N3O. The number of nitriles is 1. The Morgan fingerprint density at radius 2 is 2.10 bits per heavy atom. The molecule has 0 saturated carbocycles. The summed E-state index contributed by atoms with van der Waals surface area (Å²) in [4.78, 5) is 4.06. The van der Waals surface area contributed by atoms with Gasteiger partial charge >= 0.3 is 0 Å². The lowest BCUT2D eigenvalue weighted by atomic mass is 9.96. The fourth-order valence-corrected chi connectivity index (χ4v) is 2.15. The molecule has 0 amide bonds. The molecule has 1 heterocycles. The number of aliphatic hydroxyl groups is 1. The monoisotopic (exact) mass is 321 g/mol. The topological polar surface area (TPSA) is 68.9 Å². The van der Waals surface area contributed by atoms with E-state index in [1.165, 1.54) is 0 Å². The molecule has 2 rings (SSSR count). The van der Waals surface area contributed by atoms with Crippen LogP contribution >= 0.6 is 23.2 Å². The molecule has 1 aromatic heterocycles. The highest BCUT2D eigenvalue weighted by Crippen LogP contribution is 2.24. The Morgan fingerprint density at radius 1 is 1.33 bits per heavy atom. The van der Waals surface area contributed by atoms with E-state index in [4.69, 9.17) is 28.5 Å². The molecule has 0 radical (unpaired) electrons. The lowest BCUT2D eigenvalue weighted by Gasteiger charge is -2.24. The summed E-state index contributed by atoms with van der Waals surface area (Å²) in [5.74, 6) is 0.471. The van der Waals surface area contributed by atoms with Crippen LogP contribution in [0.5, 0.6) is 0 Å². The molecular weight excluding hydrogens is 309 g/mol. The number of aromatic nitrogens is 1. The molecule has 1 unspecified atom stereocenters. The van der Waals surface area contributed by atoms with E-state index in [1.54, 1.807) is 43.3 Å². The molecule has 0 aliphatic carbocycles. The van der Waals surface area contributed by atoms with E-state index in [9.17, 15) is 5.11 Å². The van der Waals surface area contributed by atoms with Gasteiger partial charge in [-0.2, -0.15) is 5.26 Å². The Hall–Kier alpha value is -1.80. The maximum Gasteiger partial charge on any atom is 0.161 e. The van der Waals surface area contributed by atoms with Gasteiger partial charge in [0, 0.05) is 11.6 Å². The summed E-state index contributed by atoms with van der Waals surface area (Å²) < 4.78 is 0. The van der Waals surface area contributed by atoms with Crippen LogP contribution in [0.25, 0.3) is 0 Å². The summed E-state index contributed by atoms with van der Waals surface area (Å²) in [6.07, 6.45) is 0. The van der Waals surface area contributed by atoms with Crippen LogP contribution in [0.15, 0.2) is 36.4 Å². The zero-order chi connectivity index (χ0) is 15.5. The van der Waals surface area contributed by atoms with Crippen molar-refractivity contribution in [3.8, 4) is 6.07 Å². The fourth-order valence-electron chi connectivity index (χ4n) is 1.81. The van der Waals surface area contributed by atoms with Gasteiger partial charge in [-0.05, 0) is 36.8 Å². The molecule has 0 saturated heterocycles. The standard InChI is InChI=1S/C15H13Cl2N3O/c1-15(21,10-3-2-4-11(16)7-10)9-19-14-6-5-12(17)13(8-18)20-14/h2-7,21H,9H2,1H3,(H,19,20). The van der Waals surface area contributed by atoms with Crippen LogP contribution in [0, 0.1) is 11.3 Å². The average Bonchev–Trinajstić information content (AvgIpc) is 2.46. The van der Waals surface area contributed by atoms with E-state index in [0.717, 1.165) is 0 Å². The number of nitrogens with one attached hydrogen (secondary N) is 1. The Morgan fingerprint density at radius 3 is 2.76 bits per heavy atom. The van der Waals surface area contributed by atoms with Crippen molar-refractivity contribution in [1.29, 1.82) is 5.26 Å². The number of benzene rings is 1. The molecule has 0 spiro atoms. The van der Waals surface area contributed by atoms with Gasteiger partial charge in [0.15, 0.2) is 5.69 Å². The Balaban J connectivity index is 2.13. The molecule has 21 heavy (non-hydrogen) atoms. The molecule has 1 aromatic carbocycles. The highest BCUT2D eigenvalue weighted by atomic mass is 35.5. The number of nitrogens with zero attached hydrogens (tertiary/aromatic N) is 2. The van der Waals surface area contributed by atoms with E-state index in [-0.39, 0.29) is 12.2 Å². The Bertz CT molecular complexity index is 696. The fraction of sp³-hybridized carbons (Fsp3) is 0.200. The summed E-state index contributed by atoms with van der Waals surface area (Å²) >= 11 is 11.8. The quantitative estimate of drug-likeness (QED) is 0.903. The first kappa shape index (κ1) is 15.6. The number of hydrogen-bond acceptors (Lipinski definition) is 4. The van der Waals surface area contributed by atoms with Crippen molar-refractivity contribution in [1.82, 2.24) is 4.98 Å². The van der Waals surface area contributed by atoms with E-state index in [2.05, 4.69) is 10.3 Å². The lowest BCUT2D eigenvalue weighted by Crippen LogP contribution is -2.31. The third-order valence-corrected chi connectivity index (χ3v) is 3.55. The molecule has 0 aliphatic heterocycles. The molecule has 1 atom stereocenters. The maximum atomic E-state index is 10.5. The van der Waals surface area contributed by atoms with Crippen molar-refractivity contribution in [2.45, 2.75) is 12.5 Å². The van der Waals surface area contributed by atoms with Crippen molar-refractivity contribution in [3.05, 3.63) is 57.7 Å². The van der Waals surface area contributed by atoms with E-state index in [1.807, 2.05) is 6.07 Å². The maximum absolute atomic E-state index is 10.5. The van der Waals surface area contributed by atoms with Crippen LogP contribution in [0.3, 0.4) is 0 Å². The van der Waals surface area contributed by atoms with Gasteiger partial charge in [0.2, 0.25) is 0 Å². The van der Waals surface area contributed by atoms with E-state index in [0.29, 0.717) is 21.4 Å². The molecule has 2 aromatic rings. The number of anilines is 1. The smallest absolute Gasteiger partial charge is 0.161 e. The van der Waals surface area contributed by atoms with Crippen molar-refractivity contribution in [2.24, 2.45) is 0 Å². The molecule has 0 aliphatic rings. The van der Waals surface area contributed by atoms with Crippen molar-refractivity contribution in [2.75, 3.05) is 11.9 Å². The summed E-state index contributed by atoms with van der Waals surface area (Å²) in [6.45, 7) is 1.89. The van der Waals surface area contributed by atoms with E-state index < -0.39 is 5.60 Å². The molecule has 4 nitrogen and oxygen atoms in total. The largest absolute Gasteiger partial charge is 0.384 e. The van der Waals surface area contributed by atoms with Gasteiger partial charge in [-0.15, -0.1) is 0 Å². The molecule has 108 valence electrons. The van der Waals surface area contributed by atoms with Gasteiger partial charge in [-0.1, -0.05) is 35.3 Å². The van der Waals surface area contributed by atoms with Gasteiger partial charge in [-0.3, -0.25) is 0 Å². The summed E-state index contributed by atoms with van der Waals surface area (Å²) in [5, 5.41) is 23.2. The van der Waals surface area contributed by atoms with Crippen LogP contribution < -0.4 is 5.32 Å². The predicted molar refractivity (Wildman–Crippen MR) is 83.5 cm³/mol. The summed E-state index contributed by atoms with van der Waals surface area (Å²) in [6, 6.07) is 12.2. The zero-order valence-corrected chi connectivity index (χ0v) is 12.8. The Labute approximate surface area is 133 Å². The minimum Gasteiger partial charge on any atom is -0.384 e. The average molecular weight is 322 g/mol. The van der Waals surface area contributed by atoms with Gasteiger partial charge in [-0.25, -0.2) is 4.98 Å². The van der Waals surface area contributed by atoms with Crippen molar-refractivity contribution >= 4 is 29.0 Å². The Kier molecular flexibility index (Phi) is 4.69. The summed E-state index contributed by atoms with van der Waals surface area (Å²) in [5.41, 5.74) is -0.292. The van der Waals surface area contributed by atoms with Crippen LogP contribution in [-0.2, 0) is 5.60 Å². The first-order chi connectivity index (χ1) is 9.92. The number of hydrogen-bond donors (Lipinski definition) is 2. The SMILES string of the molecule is CC(O)(CNc1ccc(Cl)c(C#N)n1)c1cccc(Cl)c1. The minimum atomic E-state index is -1.13. The third-order valence-electron chi connectivity index (χ3n) is 3.01. The van der Waals surface area contributed by atoms with Crippen molar-refractivity contribution in [3.63, 3.8) is 0 Å². The first-order valence-electron chi connectivity index (χ1n) is 6.21. The first-order valence-corrected chi connectivity index (χ1v) is 6.97. The highest BCUT2D eigenvalue weighted by Gasteiger charge is 2.23. The molecule has 0 bridgehead atoms. The van der Waals surface area contributed by atoms with Gasteiger partial charge in [0.1, 0.15) is 17.5 Å². The van der Waals surface area contributed by atoms with Gasteiger partial charge in [0.05, 0.1) is 5.02 Å². The number of rotatable bonds is 4. The normalized spacial score (nSPS) is 13.3. The van der Waals surface area contributed by atoms with Crippen LogP contribution in [0.4, 0.5) is 5.82 Å². The number of halogens is 2. The van der Waals surface area contributed by atoms with Crippen LogP contribution in [-0.4, -0.2) is 16.6 Å². The zero-order valence-electron chi connectivity index (χ0n) is 11.3. The van der Waals surface area contributed by atoms with Crippen LogP contribution in [0.2, 0.25) is 10.0 Å². The second kappa shape index (κ2) is 6.31. The predicted octanol–water partition coefficient (Wildman–Crippen LogP) is 3.58. The van der Waals surface area contributed by atoms with E-state index >= 15 is 0 Å². The second-order valence-electron chi connectivity index (χ2n) is 4.78. The van der Waals surface area contributed by atoms with Crippen molar-refractivity contribution < 1.29 is 5.11 Å². The second-order valence-corrected chi connectivity index (χ2v) is 5.62. The van der Waals surface area contributed by atoms with Gasteiger partial charge in [0.25, 0.3) is 0 Å². The minimum absolute atomic E-state index is 0.143. The molecule has 2 N–H and O–H groups in total. The summed E-state index contributed by atoms with van der Waals surface area (Å²) in [7, 11) is 0. The number of pyridine rings is 1. The molecule has 0 fully saturated rings.